The van der Waals surface area contributed by atoms with E-state index in [9.17, 15) is 4.79 Å². The minimum Gasteiger partial charge on any atom is -0.412 e. The Morgan fingerprint density at radius 2 is 1.50 bits per heavy atom. The van der Waals surface area contributed by atoms with Crippen LogP contribution in [0.25, 0.3) is 11.2 Å². The van der Waals surface area contributed by atoms with E-state index >= 15 is 0 Å². The van der Waals surface area contributed by atoms with Crippen LogP contribution in [0.3, 0.4) is 0 Å². The molecule has 0 fully saturated rings. The van der Waals surface area contributed by atoms with E-state index in [0.29, 0.717) is 11.2 Å². The summed E-state index contributed by atoms with van der Waals surface area (Å²) in [5.74, 6) is 0.0783. The zero-order valence-corrected chi connectivity index (χ0v) is 8.96. The predicted octanol–water partition coefficient (Wildman–Crippen LogP) is -6.54. The van der Waals surface area contributed by atoms with Crippen molar-refractivity contribution in [2.24, 2.45) is 0 Å². The number of aromatic nitrogens is 4. The fourth-order valence-corrected chi connectivity index (χ4v) is 0.860. The predicted molar refractivity (Wildman–Crippen MR) is 64.2 cm³/mol. The summed E-state index contributed by atoms with van der Waals surface area (Å²) in [5.41, 5.74) is 5.65. The minimum atomic E-state index is -0.301. The molecule has 2 rings (SSSR count). The van der Waals surface area contributed by atoms with Crippen molar-refractivity contribution in [1.82, 2.24) is 19.9 Å². The van der Waals surface area contributed by atoms with Gasteiger partial charge in [0.25, 0.3) is 5.56 Å². The first-order chi connectivity index (χ1) is 5.27. The molecular weight excluding hydrogens is 258 g/mol. The second-order valence-electron chi connectivity index (χ2n) is 2.05. The smallest absolute Gasteiger partial charge is 0.278 e. The number of nitrogens with one attached hydrogen (secondary N) is 2. The van der Waals surface area contributed by atoms with Crippen LogP contribution in [-0.2, 0) is 0 Å². The van der Waals surface area contributed by atoms with Crippen molar-refractivity contribution in [3.63, 3.8) is 0 Å². The van der Waals surface area contributed by atoms with E-state index in [1.54, 1.807) is 0 Å². The number of hydrogen-bond donors (Lipinski definition) is 3. The van der Waals surface area contributed by atoms with Crippen LogP contribution >= 0.6 is 0 Å². The van der Waals surface area contributed by atoms with E-state index in [2.05, 4.69) is 19.9 Å². The molecule has 0 aromatic carbocycles. The molecule has 112 valence electrons. The lowest BCUT2D eigenvalue weighted by Gasteiger charge is -1.89. The maximum absolute atomic E-state index is 11.0. The summed E-state index contributed by atoms with van der Waals surface area (Å²) in [6.45, 7) is 0. The van der Waals surface area contributed by atoms with Crippen molar-refractivity contribution >= 4 is 17.1 Å². The minimum absolute atomic E-state index is 0. The third kappa shape index (κ3) is 5.82. The van der Waals surface area contributed by atoms with E-state index in [1.165, 1.54) is 6.33 Å². The molecule has 0 saturated carbocycles. The highest BCUT2D eigenvalue weighted by Crippen LogP contribution is 1.98. The van der Waals surface area contributed by atoms with Crippen LogP contribution in [0.2, 0.25) is 0 Å². The quantitative estimate of drug-likeness (QED) is 0.422. The van der Waals surface area contributed by atoms with Crippen LogP contribution in [-0.4, -0.2) is 58.3 Å². The summed E-state index contributed by atoms with van der Waals surface area (Å²) in [6.07, 6.45) is 1.40. The number of anilines is 1. The molecule has 0 spiro atoms. The van der Waals surface area contributed by atoms with Gasteiger partial charge in [0.05, 0.1) is 6.33 Å². The molecule has 0 radical (unpaired) electrons. The Hall–Kier alpha value is -2.13. The molecule has 13 heteroatoms. The van der Waals surface area contributed by atoms with Gasteiger partial charge in [0.15, 0.2) is 11.2 Å². The molecule has 0 aliphatic carbocycles. The average Bonchev–Trinajstić information content (AvgIpc) is 2.34. The molecule has 0 unspecified atom stereocenters. The van der Waals surface area contributed by atoms with E-state index in [1.807, 2.05) is 0 Å². The van der Waals surface area contributed by atoms with Crippen molar-refractivity contribution in [1.29, 1.82) is 0 Å². The third-order valence-corrected chi connectivity index (χ3v) is 1.31. The van der Waals surface area contributed by atoms with Crippen LogP contribution < -0.4 is 11.3 Å². The number of nitrogens with zero attached hydrogens (tertiary/aromatic N) is 2. The summed E-state index contributed by atoms with van der Waals surface area (Å²) in [4.78, 5) is 23.5. The van der Waals surface area contributed by atoms with Crippen molar-refractivity contribution in [2.45, 2.75) is 0 Å². The molecule has 18 N–H and O–H groups in total. The lowest BCUT2D eigenvalue weighted by atomic mass is 10.5. The van der Waals surface area contributed by atoms with Crippen LogP contribution in [0.1, 0.15) is 0 Å². The fraction of sp³-hybridized carbons (Fsp3) is 0. The molecule has 0 atom stereocenters. The molecule has 2 aromatic heterocycles. The summed E-state index contributed by atoms with van der Waals surface area (Å²) in [5, 5.41) is 0. The lowest BCUT2D eigenvalue weighted by Crippen LogP contribution is -2.10. The van der Waals surface area contributed by atoms with Gasteiger partial charge < -0.3 is 49.1 Å². The SMILES string of the molecule is Nc1nc2nc[nH]c2c(=O)[nH]1.O.O.O.O.O.O.O. The lowest BCUT2D eigenvalue weighted by molar-refractivity contribution is 0.823. The summed E-state index contributed by atoms with van der Waals surface area (Å²) in [6, 6.07) is 0. The van der Waals surface area contributed by atoms with Gasteiger partial charge in [-0.05, 0) is 0 Å². The van der Waals surface area contributed by atoms with Gasteiger partial charge in [-0.15, -0.1) is 0 Å². The van der Waals surface area contributed by atoms with E-state index in [0.717, 1.165) is 0 Å². The Kier molecular flexibility index (Phi) is 25.9. The number of nitrogens with two attached hydrogens (primary N) is 1. The first-order valence-electron chi connectivity index (χ1n) is 2.96. The summed E-state index contributed by atoms with van der Waals surface area (Å²) in [7, 11) is 0. The first-order valence-corrected chi connectivity index (χ1v) is 2.96. The zero-order valence-electron chi connectivity index (χ0n) is 8.96. The van der Waals surface area contributed by atoms with Crippen LogP contribution in [0.4, 0.5) is 5.95 Å². The monoisotopic (exact) mass is 277 g/mol. The van der Waals surface area contributed by atoms with Gasteiger partial charge in [-0.1, -0.05) is 0 Å². The van der Waals surface area contributed by atoms with Gasteiger partial charge in [-0.2, -0.15) is 4.98 Å². The van der Waals surface area contributed by atoms with Gasteiger partial charge in [-0.25, -0.2) is 4.98 Å². The number of imidazole rings is 1. The molecule has 13 nitrogen and oxygen atoms in total. The van der Waals surface area contributed by atoms with E-state index < -0.39 is 0 Å². The number of nitrogen functional groups attached to an aromatic ring is 1. The fourth-order valence-electron chi connectivity index (χ4n) is 0.860. The average molecular weight is 277 g/mol. The number of rotatable bonds is 0. The molecule has 0 amide bonds. The second kappa shape index (κ2) is 12.9. The van der Waals surface area contributed by atoms with E-state index in [4.69, 9.17) is 5.73 Å². The van der Waals surface area contributed by atoms with Crippen molar-refractivity contribution in [3.8, 4) is 0 Å². The number of aromatic amines is 2. The highest BCUT2D eigenvalue weighted by atomic mass is 16.1. The molecule has 0 aliphatic rings. The topological polar surface area (TPSA) is 321 Å². The van der Waals surface area contributed by atoms with Gasteiger partial charge in [0, 0.05) is 0 Å². The number of H-pyrrole nitrogens is 2. The third-order valence-electron chi connectivity index (χ3n) is 1.31. The Morgan fingerprint density at radius 3 is 2.00 bits per heavy atom. The van der Waals surface area contributed by atoms with Gasteiger partial charge in [-0.3, -0.25) is 9.78 Å². The Balaban J connectivity index is -0.0000000514. The van der Waals surface area contributed by atoms with Crippen LogP contribution in [0.15, 0.2) is 11.1 Å². The van der Waals surface area contributed by atoms with Crippen molar-refractivity contribution < 1.29 is 38.3 Å². The molecule has 2 heterocycles. The first kappa shape index (κ1) is 36.0. The summed E-state index contributed by atoms with van der Waals surface area (Å²) >= 11 is 0. The standard InChI is InChI=1S/C5H5N5O.7H2O/c6-5-9-3-2(4(11)10-5)7-1-8-3;;;;;;;/h1H,(H4,6,7,8,9,10,11);7*1H2. The van der Waals surface area contributed by atoms with Gasteiger partial charge in [0.2, 0.25) is 5.95 Å². The highest BCUT2D eigenvalue weighted by molar-refractivity contribution is 5.69. The van der Waals surface area contributed by atoms with Crippen molar-refractivity contribution in [3.05, 3.63) is 16.7 Å². The van der Waals surface area contributed by atoms with Gasteiger partial charge in [0.1, 0.15) is 0 Å². The Bertz CT molecular complexity index is 454. The Morgan fingerprint density at radius 1 is 1.00 bits per heavy atom. The number of fused-ring (bicyclic) bond motifs is 1. The van der Waals surface area contributed by atoms with Crippen LogP contribution in [0.5, 0.6) is 0 Å². The molecule has 0 saturated heterocycles. The maximum Gasteiger partial charge on any atom is 0.278 e. The Labute approximate surface area is 98.8 Å². The highest BCUT2D eigenvalue weighted by Gasteiger charge is 2.01. The molecule has 2 aromatic rings. The largest absolute Gasteiger partial charge is 0.412 e. The molecule has 18 heavy (non-hydrogen) atoms. The molecule has 0 aliphatic heterocycles. The normalized spacial score (nSPS) is 6.44. The zero-order chi connectivity index (χ0) is 7.84. The number of hydrogen-bond acceptors (Lipinski definition) is 4. The van der Waals surface area contributed by atoms with Crippen LogP contribution in [0, 0.1) is 0 Å². The van der Waals surface area contributed by atoms with E-state index in [-0.39, 0.29) is 49.8 Å². The summed E-state index contributed by atoms with van der Waals surface area (Å²) < 4.78 is 0. The maximum atomic E-state index is 11.0. The van der Waals surface area contributed by atoms with Crippen molar-refractivity contribution in [2.75, 3.05) is 5.73 Å². The van der Waals surface area contributed by atoms with Gasteiger partial charge >= 0.3 is 0 Å². The molecular formula is C5H19N5O8. The molecule has 0 bridgehead atoms. The second-order valence-corrected chi connectivity index (χ2v) is 2.05.